The van der Waals surface area contributed by atoms with Gasteiger partial charge in [-0.3, -0.25) is 5.10 Å². The fourth-order valence-electron chi connectivity index (χ4n) is 1.58. The highest BCUT2D eigenvalue weighted by Crippen LogP contribution is 2.22. The van der Waals surface area contributed by atoms with Crippen molar-refractivity contribution < 1.29 is 0 Å². The lowest BCUT2D eigenvalue weighted by atomic mass is 10.0. The van der Waals surface area contributed by atoms with E-state index >= 15 is 0 Å². The van der Waals surface area contributed by atoms with E-state index < -0.39 is 0 Å². The molecule has 0 unspecified atom stereocenters. The normalized spacial score (nSPS) is 13.2. The maximum absolute atomic E-state index is 6.03. The van der Waals surface area contributed by atoms with Crippen molar-refractivity contribution in [2.45, 2.75) is 26.3 Å². The first-order chi connectivity index (χ1) is 7.66. The van der Waals surface area contributed by atoms with E-state index in [1.165, 1.54) is 0 Å². The Hall–Kier alpha value is -1.20. The lowest BCUT2D eigenvalue weighted by molar-refractivity contribution is 0.494. The first-order valence-corrected chi connectivity index (χ1v) is 6.26. The van der Waals surface area contributed by atoms with E-state index in [4.69, 9.17) is 5.73 Å². The SMILES string of the molecule is CC(C)C[C@@H](N)c1nc(-c2cccs2)n[nH]1. The van der Waals surface area contributed by atoms with E-state index in [2.05, 4.69) is 29.0 Å². The maximum Gasteiger partial charge on any atom is 0.191 e. The molecule has 0 aliphatic rings. The second-order valence-electron chi connectivity index (χ2n) is 4.26. The second kappa shape index (κ2) is 4.76. The minimum atomic E-state index is -0.0544. The Kier molecular flexibility index (Phi) is 3.36. The van der Waals surface area contributed by atoms with Crippen LogP contribution in [0.1, 0.15) is 32.1 Å². The van der Waals surface area contributed by atoms with Gasteiger partial charge in [0.05, 0.1) is 10.9 Å². The Morgan fingerprint density at radius 2 is 2.31 bits per heavy atom. The minimum Gasteiger partial charge on any atom is -0.321 e. The molecule has 0 aliphatic carbocycles. The Labute approximate surface area is 98.9 Å². The van der Waals surface area contributed by atoms with Crippen LogP contribution in [0.15, 0.2) is 17.5 Å². The quantitative estimate of drug-likeness (QED) is 0.857. The molecule has 0 saturated carbocycles. The number of aromatic nitrogens is 3. The highest BCUT2D eigenvalue weighted by molar-refractivity contribution is 7.13. The van der Waals surface area contributed by atoms with Gasteiger partial charge < -0.3 is 5.73 Å². The molecule has 2 aromatic rings. The standard InChI is InChI=1S/C11H16N4S/c1-7(2)6-8(12)10-13-11(15-14-10)9-4-3-5-16-9/h3-5,7-8H,6,12H2,1-2H3,(H,13,14,15)/t8-/m1/s1. The Morgan fingerprint density at radius 3 is 2.94 bits per heavy atom. The summed E-state index contributed by atoms with van der Waals surface area (Å²) in [5.74, 6) is 2.08. The van der Waals surface area contributed by atoms with Crippen molar-refractivity contribution in [1.82, 2.24) is 15.2 Å². The van der Waals surface area contributed by atoms with Gasteiger partial charge in [-0.25, -0.2) is 4.98 Å². The number of nitrogens with zero attached hydrogens (tertiary/aromatic N) is 2. The number of hydrogen-bond donors (Lipinski definition) is 2. The van der Waals surface area contributed by atoms with Crippen molar-refractivity contribution in [3.05, 3.63) is 23.3 Å². The highest BCUT2D eigenvalue weighted by atomic mass is 32.1. The molecular weight excluding hydrogens is 220 g/mol. The van der Waals surface area contributed by atoms with Gasteiger partial charge in [0.25, 0.3) is 0 Å². The van der Waals surface area contributed by atoms with Crippen LogP contribution in [-0.2, 0) is 0 Å². The van der Waals surface area contributed by atoms with Crippen molar-refractivity contribution in [2.75, 3.05) is 0 Å². The maximum atomic E-state index is 6.03. The van der Waals surface area contributed by atoms with E-state index in [-0.39, 0.29) is 6.04 Å². The molecule has 0 amide bonds. The van der Waals surface area contributed by atoms with Crippen LogP contribution >= 0.6 is 11.3 Å². The summed E-state index contributed by atoms with van der Waals surface area (Å²) in [6.45, 7) is 4.30. The molecule has 0 radical (unpaired) electrons. The zero-order chi connectivity index (χ0) is 11.5. The summed E-state index contributed by atoms with van der Waals surface area (Å²) in [4.78, 5) is 5.49. The highest BCUT2D eigenvalue weighted by Gasteiger charge is 2.14. The number of aromatic amines is 1. The predicted octanol–water partition coefficient (Wildman–Crippen LogP) is 2.58. The summed E-state index contributed by atoms with van der Waals surface area (Å²) < 4.78 is 0. The molecule has 4 nitrogen and oxygen atoms in total. The molecule has 0 aliphatic heterocycles. The molecule has 0 saturated heterocycles. The average molecular weight is 236 g/mol. The van der Waals surface area contributed by atoms with E-state index in [1.54, 1.807) is 11.3 Å². The number of hydrogen-bond acceptors (Lipinski definition) is 4. The number of thiophene rings is 1. The molecule has 0 bridgehead atoms. The third-order valence-corrected chi connectivity index (χ3v) is 3.19. The van der Waals surface area contributed by atoms with Crippen LogP contribution in [0, 0.1) is 5.92 Å². The third-order valence-electron chi connectivity index (χ3n) is 2.32. The first-order valence-electron chi connectivity index (χ1n) is 5.38. The van der Waals surface area contributed by atoms with Crippen LogP contribution in [0.4, 0.5) is 0 Å². The monoisotopic (exact) mass is 236 g/mol. The average Bonchev–Trinajstić information content (AvgIpc) is 2.87. The molecule has 0 fully saturated rings. The molecule has 16 heavy (non-hydrogen) atoms. The molecule has 0 spiro atoms. The van der Waals surface area contributed by atoms with E-state index in [0.29, 0.717) is 5.92 Å². The molecule has 86 valence electrons. The third kappa shape index (κ3) is 2.48. The summed E-state index contributed by atoms with van der Waals surface area (Å²) in [6, 6.07) is 3.94. The van der Waals surface area contributed by atoms with Crippen LogP contribution in [0.2, 0.25) is 0 Å². The Morgan fingerprint density at radius 1 is 1.50 bits per heavy atom. The van der Waals surface area contributed by atoms with Gasteiger partial charge in [-0.05, 0) is 23.8 Å². The smallest absolute Gasteiger partial charge is 0.191 e. The van der Waals surface area contributed by atoms with E-state index in [9.17, 15) is 0 Å². The first kappa shape index (κ1) is 11.3. The van der Waals surface area contributed by atoms with Crippen LogP contribution in [0.25, 0.3) is 10.7 Å². The van der Waals surface area contributed by atoms with Gasteiger partial charge in [-0.1, -0.05) is 19.9 Å². The van der Waals surface area contributed by atoms with Crippen molar-refractivity contribution in [1.29, 1.82) is 0 Å². The van der Waals surface area contributed by atoms with Gasteiger partial charge in [-0.2, -0.15) is 5.10 Å². The van der Waals surface area contributed by atoms with Crippen molar-refractivity contribution >= 4 is 11.3 Å². The summed E-state index contributed by atoms with van der Waals surface area (Å²) in [5, 5.41) is 9.11. The van der Waals surface area contributed by atoms with Crippen LogP contribution in [0.5, 0.6) is 0 Å². The van der Waals surface area contributed by atoms with Crippen molar-refractivity contribution in [3.8, 4) is 10.7 Å². The molecule has 2 aromatic heterocycles. The Bertz CT molecular complexity index is 433. The van der Waals surface area contributed by atoms with Crippen LogP contribution in [0.3, 0.4) is 0 Å². The molecule has 3 N–H and O–H groups in total. The zero-order valence-electron chi connectivity index (χ0n) is 9.47. The van der Waals surface area contributed by atoms with E-state index in [1.807, 2.05) is 17.5 Å². The van der Waals surface area contributed by atoms with Gasteiger partial charge in [0.15, 0.2) is 5.82 Å². The molecule has 1 atom stereocenters. The predicted molar refractivity (Wildman–Crippen MR) is 66.1 cm³/mol. The van der Waals surface area contributed by atoms with Gasteiger partial charge in [0.2, 0.25) is 0 Å². The molecule has 2 rings (SSSR count). The lowest BCUT2D eigenvalue weighted by Gasteiger charge is -2.09. The fourth-order valence-corrected chi connectivity index (χ4v) is 2.23. The van der Waals surface area contributed by atoms with Crippen molar-refractivity contribution in [3.63, 3.8) is 0 Å². The summed E-state index contributed by atoms with van der Waals surface area (Å²) in [6.07, 6.45) is 0.916. The van der Waals surface area contributed by atoms with Crippen LogP contribution < -0.4 is 5.73 Å². The molecule has 5 heteroatoms. The fraction of sp³-hybridized carbons (Fsp3) is 0.455. The molecular formula is C11H16N4S. The number of rotatable bonds is 4. The van der Waals surface area contributed by atoms with Gasteiger partial charge >= 0.3 is 0 Å². The summed E-state index contributed by atoms with van der Waals surface area (Å²) >= 11 is 1.63. The number of H-pyrrole nitrogens is 1. The molecule has 0 aromatic carbocycles. The number of nitrogens with one attached hydrogen (secondary N) is 1. The van der Waals surface area contributed by atoms with Crippen molar-refractivity contribution in [2.24, 2.45) is 11.7 Å². The van der Waals surface area contributed by atoms with Gasteiger partial charge in [0, 0.05) is 0 Å². The Balaban J connectivity index is 2.13. The van der Waals surface area contributed by atoms with Crippen LogP contribution in [-0.4, -0.2) is 15.2 Å². The largest absolute Gasteiger partial charge is 0.321 e. The minimum absolute atomic E-state index is 0.0544. The topological polar surface area (TPSA) is 67.6 Å². The molecule has 2 heterocycles. The van der Waals surface area contributed by atoms with Gasteiger partial charge in [0.1, 0.15) is 5.82 Å². The van der Waals surface area contributed by atoms with Gasteiger partial charge in [-0.15, -0.1) is 11.3 Å². The summed E-state index contributed by atoms with van der Waals surface area (Å²) in [5.41, 5.74) is 6.03. The second-order valence-corrected chi connectivity index (χ2v) is 5.21. The lowest BCUT2D eigenvalue weighted by Crippen LogP contribution is -2.14. The summed E-state index contributed by atoms with van der Waals surface area (Å²) in [7, 11) is 0. The van der Waals surface area contributed by atoms with E-state index in [0.717, 1.165) is 22.9 Å². The number of nitrogens with two attached hydrogens (primary N) is 1. The zero-order valence-corrected chi connectivity index (χ0v) is 10.3.